The van der Waals surface area contributed by atoms with Crippen molar-refractivity contribution >= 4 is 23.3 Å². The molecule has 1 amide bonds. The van der Waals surface area contributed by atoms with Gasteiger partial charge in [-0.1, -0.05) is 6.07 Å². The molecule has 2 aromatic carbocycles. The highest BCUT2D eigenvalue weighted by atomic mass is 16.6. The summed E-state index contributed by atoms with van der Waals surface area (Å²) in [5.41, 5.74) is 6.31. The number of carbonyl (C=O) groups excluding carboxylic acids is 2. The third-order valence-corrected chi connectivity index (χ3v) is 5.32. The van der Waals surface area contributed by atoms with Crippen molar-refractivity contribution in [3.63, 3.8) is 0 Å². The van der Waals surface area contributed by atoms with E-state index in [4.69, 9.17) is 19.9 Å². The number of likely N-dealkylation sites (tertiary alicyclic amines) is 1. The van der Waals surface area contributed by atoms with Crippen LogP contribution in [0.5, 0.6) is 11.5 Å². The molecule has 2 aliphatic heterocycles. The number of fused-ring (bicyclic) bond motifs is 1. The lowest BCUT2D eigenvalue weighted by Crippen LogP contribution is -2.34. The average molecular weight is 427 g/mol. The quantitative estimate of drug-likeness (QED) is 0.333. The maximum absolute atomic E-state index is 12.8. The van der Waals surface area contributed by atoms with E-state index in [0.717, 1.165) is 30.5 Å². The number of nitro benzene ring substituents is 1. The number of non-ortho nitro benzene ring substituents is 1. The van der Waals surface area contributed by atoms with Gasteiger partial charge in [-0.25, -0.2) is 4.79 Å². The van der Waals surface area contributed by atoms with Crippen LogP contribution in [0.15, 0.2) is 36.4 Å². The Labute approximate surface area is 177 Å². The smallest absolute Gasteiger partial charge is 0.340 e. The van der Waals surface area contributed by atoms with Crippen molar-refractivity contribution < 1.29 is 28.7 Å². The fourth-order valence-corrected chi connectivity index (χ4v) is 3.82. The number of rotatable bonds is 5. The number of esters is 1. The standard InChI is InChI=1S/C21H21N3O7/c22-16-11-14(24(27)28)4-5-15(16)21(26)31-12-20(25)23-7-1-2-17(23)13-3-6-18-19(10-13)30-9-8-29-18/h3-6,10-11,17H,1-2,7-9,12,22H2. The molecule has 1 fully saturated rings. The van der Waals surface area contributed by atoms with Crippen LogP contribution < -0.4 is 15.2 Å². The van der Waals surface area contributed by atoms with Crippen molar-refractivity contribution in [3.05, 3.63) is 57.6 Å². The van der Waals surface area contributed by atoms with Crippen molar-refractivity contribution in [2.45, 2.75) is 18.9 Å². The Balaban J connectivity index is 1.41. The van der Waals surface area contributed by atoms with E-state index in [-0.39, 0.29) is 28.9 Å². The van der Waals surface area contributed by atoms with Gasteiger partial charge in [0.25, 0.3) is 11.6 Å². The number of nitrogen functional groups attached to an aromatic ring is 1. The van der Waals surface area contributed by atoms with Crippen LogP contribution in [-0.4, -0.2) is 48.1 Å². The molecule has 2 N–H and O–H groups in total. The highest BCUT2D eigenvalue weighted by Gasteiger charge is 2.31. The van der Waals surface area contributed by atoms with Crippen molar-refractivity contribution in [1.29, 1.82) is 0 Å². The van der Waals surface area contributed by atoms with E-state index in [0.29, 0.717) is 31.3 Å². The molecule has 10 nitrogen and oxygen atoms in total. The molecule has 0 aliphatic carbocycles. The lowest BCUT2D eigenvalue weighted by molar-refractivity contribution is -0.384. The molecular weight excluding hydrogens is 406 g/mol. The summed E-state index contributed by atoms with van der Waals surface area (Å²) < 4.78 is 16.3. The lowest BCUT2D eigenvalue weighted by Gasteiger charge is -2.26. The first-order chi connectivity index (χ1) is 14.9. The van der Waals surface area contributed by atoms with E-state index < -0.39 is 17.5 Å². The second-order valence-electron chi connectivity index (χ2n) is 7.25. The van der Waals surface area contributed by atoms with E-state index in [9.17, 15) is 19.7 Å². The molecule has 1 unspecified atom stereocenters. The topological polar surface area (TPSA) is 134 Å². The highest BCUT2D eigenvalue weighted by Crippen LogP contribution is 2.38. The van der Waals surface area contributed by atoms with Crippen LogP contribution in [0.4, 0.5) is 11.4 Å². The van der Waals surface area contributed by atoms with Gasteiger partial charge in [0.2, 0.25) is 0 Å². The van der Waals surface area contributed by atoms with Gasteiger partial charge in [-0.3, -0.25) is 14.9 Å². The number of amides is 1. The minimum Gasteiger partial charge on any atom is -0.486 e. The number of nitrogens with two attached hydrogens (primary N) is 1. The summed E-state index contributed by atoms with van der Waals surface area (Å²) in [4.78, 5) is 36.9. The number of hydrogen-bond donors (Lipinski definition) is 1. The fraction of sp³-hybridized carbons (Fsp3) is 0.333. The summed E-state index contributed by atoms with van der Waals surface area (Å²) in [5, 5.41) is 10.8. The molecule has 2 aromatic rings. The molecular formula is C21H21N3O7. The predicted molar refractivity (Wildman–Crippen MR) is 109 cm³/mol. The van der Waals surface area contributed by atoms with Crippen LogP contribution in [0.2, 0.25) is 0 Å². The Bertz CT molecular complexity index is 1040. The molecule has 0 aromatic heterocycles. The number of carbonyl (C=O) groups is 2. The summed E-state index contributed by atoms with van der Waals surface area (Å²) in [7, 11) is 0. The number of nitro groups is 1. The largest absolute Gasteiger partial charge is 0.486 e. The van der Waals surface area contributed by atoms with Gasteiger partial charge in [0.1, 0.15) is 13.2 Å². The third kappa shape index (κ3) is 4.23. The van der Waals surface area contributed by atoms with E-state index in [2.05, 4.69) is 0 Å². The first-order valence-corrected chi connectivity index (χ1v) is 9.84. The first-order valence-electron chi connectivity index (χ1n) is 9.84. The summed E-state index contributed by atoms with van der Waals surface area (Å²) in [6, 6.07) is 8.94. The van der Waals surface area contributed by atoms with Gasteiger partial charge in [-0.05, 0) is 36.6 Å². The zero-order valence-electron chi connectivity index (χ0n) is 16.6. The molecule has 0 saturated carbocycles. The Morgan fingerprint density at radius 2 is 1.94 bits per heavy atom. The first kappa shape index (κ1) is 20.5. The SMILES string of the molecule is Nc1cc([N+](=O)[O-])ccc1C(=O)OCC(=O)N1CCCC1c1ccc2c(c1)OCCO2. The maximum atomic E-state index is 12.8. The van der Waals surface area contributed by atoms with Crippen molar-refractivity contribution in [2.24, 2.45) is 0 Å². The lowest BCUT2D eigenvalue weighted by atomic mass is 10.0. The van der Waals surface area contributed by atoms with Crippen molar-refractivity contribution in [2.75, 3.05) is 32.1 Å². The molecule has 2 aliphatic rings. The molecule has 0 spiro atoms. The summed E-state index contributed by atoms with van der Waals surface area (Å²) in [6.45, 7) is 1.09. The predicted octanol–water partition coefficient (Wildman–Crippen LogP) is 2.47. The number of hydrogen-bond acceptors (Lipinski definition) is 8. The van der Waals surface area contributed by atoms with Crippen LogP contribution in [0, 0.1) is 10.1 Å². The molecule has 1 saturated heterocycles. The van der Waals surface area contributed by atoms with Crippen LogP contribution >= 0.6 is 0 Å². The Hall–Kier alpha value is -3.82. The molecule has 1 atom stereocenters. The van der Waals surface area contributed by atoms with Crippen LogP contribution in [0.25, 0.3) is 0 Å². The number of nitrogens with zero attached hydrogens (tertiary/aromatic N) is 2. The van der Waals surface area contributed by atoms with Gasteiger partial charge < -0.3 is 24.8 Å². The molecule has 0 radical (unpaired) electrons. The average Bonchev–Trinajstić information content (AvgIpc) is 3.27. The van der Waals surface area contributed by atoms with Crippen LogP contribution in [0.1, 0.15) is 34.8 Å². The zero-order valence-corrected chi connectivity index (χ0v) is 16.6. The van der Waals surface area contributed by atoms with Gasteiger partial charge in [0, 0.05) is 18.7 Å². The van der Waals surface area contributed by atoms with Gasteiger partial charge >= 0.3 is 5.97 Å². The Kier molecular flexibility index (Phi) is 5.61. The van der Waals surface area contributed by atoms with Gasteiger partial charge in [0.15, 0.2) is 18.1 Å². The summed E-state index contributed by atoms with van der Waals surface area (Å²) in [6.07, 6.45) is 1.61. The number of benzene rings is 2. The van der Waals surface area contributed by atoms with Gasteiger partial charge in [-0.2, -0.15) is 0 Å². The normalized spacial score (nSPS) is 17.3. The summed E-state index contributed by atoms with van der Waals surface area (Å²) in [5.74, 6) is 0.200. The monoisotopic (exact) mass is 427 g/mol. The number of ether oxygens (including phenoxy) is 3. The Morgan fingerprint density at radius 1 is 1.16 bits per heavy atom. The van der Waals surface area contributed by atoms with E-state index >= 15 is 0 Å². The Morgan fingerprint density at radius 3 is 2.68 bits per heavy atom. The minimum atomic E-state index is -0.809. The van der Waals surface area contributed by atoms with E-state index in [1.54, 1.807) is 4.90 Å². The third-order valence-electron chi connectivity index (χ3n) is 5.32. The van der Waals surface area contributed by atoms with E-state index in [1.807, 2.05) is 18.2 Å². The minimum absolute atomic E-state index is 0.0248. The molecule has 31 heavy (non-hydrogen) atoms. The second kappa shape index (κ2) is 8.50. The van der Waals surface area contributed by atoms with Crippen molar-refractivity contribution in [3.8, 4) is 11.5 Å². The molecule has 4 rings (SSSR count). The summed E-state index contributed by atoms with van der Waals surface area (Å²) >= 11 is 0. The maximum Gasteiger partial charge on any atom is 0.340 e. The van der Waals surface area contributed by atoms with E-state index in [1.165, 1.54) is 6.07 Å². The molecule has 10 heteroatoms. The molecule has 2 heterocycles. The molecule has 162 valence electrons. The van der Waals surface area contributed by atoms with Crippen molar-refractivity contribution in [1.82, 2.24) is 4.90 Å². The highest BCUT2D eigenvalue weighted by molar-refractivity contribution is 5.96. The second-order valence-corrected chi connectivity index (χ2v) is 7.25. The fourth-order valence-electron chi connectivity index (χ4n) is 3.82. The van der Waals surface area contributed by atoms with Crippen LogP contribution in [-0.2, 0) is 9.53 Å². The van der Waals surface area contributed by atoms with Gasteiger partial charge in [-0.15, -0.1) is 0 Å². The molecule has 0 bridgehead atoms. The van der Waals surface area contributed by atoms with Gasteiger partial charge in [0.05, 0.1) is 22.2 Å². The zero-order chi connectivity index (χ0) is 22.0. The number of anilines is 1. The van der Waals surface area contributed by atoms with Crippen LogP contribution in [0.3, 0.4) is 0 Å².